The number of amidine groups is 1. The number of benzene rings is 3. The van der Waals surface area contributed by atoms with Crippen LogP contribution in [0.2, 0.25) is 10.0 Å². The summed E-state index contributed by atoms with van der Waals surface area (Å²) in [6.07, 6.45) is 1.88. The van der Waals surface area contributed by atoms with Crippen molar-refractivity contribution < 1.29 is 9.53 Å². The van der Waals surface area contributed by atoms with Crippen molar-refractivity contribution >= 4 is 57.8 Å². The van der Waals surface area contributed by atoms with E-state index in [0.29, 0.717) is 33.3 Å². The van der Waals surface area contributed by atoms with E-state index < -0.39 is 0 Å². The zero-order valence-electron chi connectivity index (χ0n) is 18.2. The van der Waals surface area contributed by atoms with Gasteiger partial charge in [0, 0.05) is 6.54 Å². The highest BCUT2D eigenvalue weighted by atomic mass is 35.5. The Bertz CT molecular complexity index is 1220. The number of ether oxygens (including phenoxy) is 1. The Morgan fingerprint density at radius 2 is 1.73 bits per heavy atom. The van der Waals surface area contributed by atoms with E-state index in [1.54, 1.807) is 17.0 Å². The molecule has 1 fully saturated rings. The van der Waals surface area contributed by atoms with E-state index in [9.17, 15) is 4.79 Å². The van der Waals surface area contributed by atoms with Crippen LogP contribution in [0.4, 0.5) is 5.69 Å². The van der Waals surface area contributed by atoms with E-state index in [1.807, 2.05) is 74.5 Å². The van der Waals surface area contributed by atoms with Gasteiger partial charge in [-0.3, -0.25) is 9.69 Å². The van der Waals surface area contributed by atoms with Crippen molar-refractivity contribution in [2.24, 2.45) is 4.99 Å². The SMILES string of the molecule is CCN1C(=O)/C(=C\c2ccc(OCc3ccc(Cl)c(Cl)c3)cc2)SC1=Nc1ccc(C)cc1. The quantitative estimate of drug-likeness (QED) is 0.331. The third-order valence-electron chi connectivity index (χ3n) is 5.03. The first-order chi connectivity index (χ1) is 15.9. The first-order valence-electron chi connectivity index (χ1n) is 10.5. The minimum atomic E-state index is -0.0340. The number of hydrogen-bond acceptors (Lipinski definition) is 4. The standard InChI is InChI=1S/C26H22Cl2N2O2S/c1-3-30-25(31)24(33-26(30)29-20-9-4-17(2)5-10-20)15-18-6-11-21(12-7-18)32-16-19-8-13-22(27)23(28)14-19/h4-15H,3,16H2,1-2H3/b24-15+,29-26?. The molecule has 33 heavy (non-hydrogen) atoms. The van der Waals surface area contributed by atoms with Gasteiger partial charge in [-0.15, -0.1) is 0 Å². The lowest BCUT2D eigenvalue weighted by atomic mass is 10.2. The summed E-state index contributed by atoms with van der Waals surface area (Å²) in [4.78, 5) is 19.9. The minimum Gasteiger partial charge on any atom is -0.489 e. The number of aryl methyl sites for hydroxylation is 1. The summed E-state index contributed by atoms with van der Waals surface area (Å²) < 4.78 is 5.84. The van der Waals surface area contributed by atoms with E-state index in [2.05, 4.69) is 4.99 Å². The third-order valence-corrected chi connectivity index (χ3v) is 6.78. The van der Waals surface area contributed by atoms with Gasteiger partial charge < -0.3 is 4.74 Å². The largest absolute Gasteiger partial charge is 0.489 e. The van der Waals surface area contributed by atoms with Crippen molar-refractivity contribution in [3.8, 4) is 5.75 Å². The molecular weight excluding hydrogens is 475 g/mol. The Morgan fingerprint density at radius 3 is 2.39 bits per heavy atom. The smallest absolute Gasteiger partial charge is 0.266 e. The van der Waals surface area contributed by atoms with Crippen molar-refractivity contribution in [2.45, 2.75) is 20.5 Å². The Morgan fingerprint density at radius 1 is 1.00 bits per heavy atom. The molecule has 0 aliphatic carbocycles. The highest BCUT2D eigenvalue weighted by Crippen LogP contribution is 2.34. The molecule has 0 atom stereocenters. The van der Waals surface area contributed by atoms with Crippen LogP contribution >= 0.6 is 35.0 Å². The van der Waals surface area contributed by atoms with Gasteiger partial charge in [-0.1, -0.05) is 59.1 Å². The monoisotopic (exact) mass is 496 g/mol. The fourth-order valence-electron chi connectivity index (χ4n) is 3.21. The van der Waals surface area contributed by atoms with Crippen molar-refractivity contribution in [1.29, 1.82) is 0 Å². The van der Waals surface area contributed by atoms with Crippen LogP contribution in [0.1, 0.15) is 23.6 Å². The number of likely N-dealkylation sites (N-methyl/N-ethyl adjacent to an activating group) is 1. The maximum Gasteiger partial charge on any atom is 0.266 e. The molecule has 3 aromatic carbocycles. The second-order valence-corrected chi connectivity index (χ2v) is 9.32. The fraction of sp³-hybridized carbons (Fsp3) is 0.154. The molecule has 0 N–H and O–H groups in total. The summed E-state index contributed by atoms with van der Waals surface area (Å²) in [5, 5.41) is 1.72. The molecule has 1 saturated heterocycles. The van der Waals surface area contributed by atoms with Crippen LogP contribution in [0.3, 0.4) is 0 Å². The van der Waals surface area contributed by atoms with Crippen molar-refractivity contribution in [2.75, 3.05) is 6.54 Å². The van der Waals surface area contributed by atoms with Crippen LogP contribution < -0.4 is 4.74 Å². The van der Waals surface area contributed by atoms with E-state index in [1.165, 1.54) is 17.3 Å². The van der Waals surface area contributed by atoms with Gasteiger partial charge in [0.2, 0.25) is 0 Å². The average Bonchev–Trinajstić information content (AvgIpc) is 3.10. The van der Waals surface area contributed by atoms with Crippen molar-refractivity contribution in [1.82, 2.24) is 4.90 Å². The maximum atomic E-state index is 12.9. The predicted molar refractivity (Wildman–Crippen MR) is 138 cm³/mol. The first kappa shape index (κ1) is 23.4. The van der Waals surface area contributed by atoms with Crippen molar-refractivity contribution in [3.05, 3.63) is 98.4 Å². The Balaban J connectivity index is 1.46. The van der Waals surface area contributed by atoms with Crippen molar-refractivity contribution in [3.63, 3.8) is 0 Å². The first-order valence-corrected chi connectivity index (χ1v) is 12.0. The van der Waals surface area contributed by atoms with Crippen LogP contribution in [-0.2, 0) is 11.4 Å². The van der Waals surface area contributed by atoms with Gasteiger partial charge in [0.1, 0.15) is 12.4 Å². The molecule has 1 heterocycles. The Kier molecular flexibility index (Phi) is 7.43. The number of thioether (sulfide) groups is 1. The lowest BCUT2D eigenvalue weighted by Crippen LogP contribution is -2.28. The number of amides is 1. The molecule has 0 spiro atoms. The number of carbonyl (C=O) groups is 1. The molecule has 0 bridgehead atoms. The lowest BCUT2D eigenvalue weighted by Gasteiger charge is -2.12. The normalized spacial score (nSPS) is 16.1. The van der Waals surface area contributed by atoms with Crippen LogP contribution in [-0.4, -0.2) is 22.5 Å². The van der Waals surface area contributed by atoms with Gasteiger partial charge in [0.05, 0.1) is 20.6 Å². The van der Waals surface area contributed by atoms with E-state index in [-0.39, 0.29) is 5.91 Å². The molecule has 0 aromatic heterocycles. The zero-order valence-corrected chi connectivity index (χ0v) is 20.5. The molecule has 1 amide bonds. The summed E-state index contributed by atoms with van der Waals surface area (Å²) in [6.45, 7) is 4.94. The molecule has 168 valence electrons. The molecule has 4 nitrogen and oxygen atoms in total. The molecule has 0 saturated carbocycles. The molecule has 3 aromatic rings. The molecule has 4 rings (SSSR count). The van der Waals surface area contributed by atoms with Gasteiger partial charge in [-0.25, -0.2) is 4.99 Å². The zero-order chi connectivity index (χ0) is 23.4. The molecule has 0 radical (unpaired) electrons. The maximum absolute atomic E-state index is 12.9. The molecular formula is C26H22Cl2N2O2S. The van der Waals surface area contributed by atoms with Crippen LogP contribution in [0.5, 0.6) is 5.75 Å². The molecule has 1 aliphatic heterocycles. The summed E-state index contributed by atoms with van der Waals surface area (Å²) >= 11 is 13.4. The number of rotatable bonds is 6. The average molecular weight is 497 g/mol. The second kappa shape index (κ2) is 10.5. The van der Waals surface area contributed by atoms with Crippen LogP contribution in [0, 0.1) is 6.92 Å². The van der Waals surface area contributed by atoms with E-state index in [4.69, 9.17) is 27.9 Å². The fourth-order valence-corrected chi connectivity index (χ4v) is 4.59. The van der Waals surface area contributed by atoms with Gasteiger partial charge in [0.15, 0.2) is 5.17 Å². The van der Waals surface area contributed by atoms with Crippen LogP contribution in [0.25, 0.3) is 6.08 Å². The molecule has 7 heteroatoms. The Labute approximate surface area is 207 Å². The predicted octanol–water partition coefficient (Wildman–Crippen LogP) is 7.50. The lowest BCUT2D eigenvalue weighted by molar-refractivity contribution is -0.122. The van der Waals surface area contributed by atoms with Gasteiger partial charge >= 0.3 is 0 Å². The van der Waals surface area contributed by atoms with E-state index in [0.717, 1.165) is 22.6 Å². The number of carbonyl (C=O) groups excluding carboxylic acids is 1. The highest BCUT2D eigenvalue weighted by Gasteiger charge is 2.32. The van der Waals surface area contributed by atoms with Gasteiger partial charge in [0.25, 0.3) is 5.91 Å². The molecule has 0 unspecified atom stereocenters. The topological polar surface area (TPSA) is 41.9 Å². The number of halogens is 2. The minimum absolute atomic E-state index is 0.0340. The highest BCUT2D eigenvalue weighted by molar-refractivity contribution is 8.18. The molecule has 1 aliphatic rings. The summed E-state index contributed by atoms with van der Waals surface area (Å²) in [5.74, 6) is 0.693. The Hall–Kier alpha value is -2.73. The second-order valence-electron chi connectivity index (χ2n) is 7.50. The number of hydrogen-bond donors (Lipinski definition) is 0. The summed E-state index contributed by atoms with van der Waals surface area (Å²) in [6, 6.07) is 21.0. The summed E-state index contributed by atoms with van der Waals surface area (Å²) in [7, 11) is 0. The third kappa shape index (κ3) is 5.80. The summed E-state index contributed by atoms with van der Waals surface area (Å²) in [5.41, 5.74) is 3.86. The van der Waals surface area contributed by atoms with E-state index >= 15 is 0 Å². The number of aliphatic imine (C=N–C) groups is 1. The van der Waals surface area contributed by atoms with Gasteiger partial charge in [-0.05, 0) is 79.2 Å². The van der Waals surface area contributed by atoms with Gasteiger partial charge in [-0.2, -0.15) is 0 Å². The number of nitrogens with zero attached hydrogens (tertiary/aromatic N) is 2. The van der Waals surface area contributed by atoms with Crippen LogP contribution in [0.15, 0.2) is 76.6 Å².